The molecule has 0 saturated heterocycles. The van der Waals surface area contributed by atoms with E-state index in [0.717, 1.165) is 4.31 Å². The molecule has 1 heterocycles. The van der Waals surface area contributed by atoms with Gasteiger partial charge in [-0.05, 0) is 54.1 Å². The zero-order chi connectivity index (χ0) is 26.0. The number of carbonyl (C=O) groups is 2. The van der Waals surface area contributed by atoms with Crippen LogP contribution in [0.1, 0.15) is 15.9 Å². The minimum Gasteiger partial charge on any atom is -0.497 e. The summed E-state index contributed by atoms with van der Waals surface area (Å²) < 4.78 is 38.7. The number of para-hydroxylation sites is 1. The predicted octanol–water partition coefficient (Wildman–Crippen LogP) is 4.39. The number of hydrogen-bond acceptors (Lipinski definition) is 6. The number of nitrogens with zero attached hydrogens (tertiary/aromatic N) is 2. The van der Waals surface area contributed by atoms with Crippen LogP contribution in [0.15, 0.2) is 71.6 Å². The first-order chi connectivity index (χ1) is 17.2. The molecule has 3 aromatic rings. The monoisotopic (exact) mass is 548 g/mol. The third-order valence-corrected chi connectivity index (χ3v) is 8.29. The minimum absolute atomic E-state index is 0.0349. The topological polar surface area (TPSA) is 93.2 Å². The third kappa shape index (κ3) is 4.92. The number of halogens is 2. The summed E-state index contributed by atoms with van der Waals surface area (Å²) in [6.45, 7) is -0.474. The van der Waals surface area contributed by atoms with Crippen molar-refractivity contribution in [3.63, 3.8) is 0 Å². The molecule has 1 aliphatic rings. The van der Waals surface area contributed by atoms with Crippen LogP contribution in [0.25, 0.3) is 0 Å². The van der Waals surface area contributed by atoms with E-state index in [1.54, 1.807) is 30.3 Å². The first kappa shape index (κ1) is 26.0. The molecule has 1 aliphatic heterocycles. The van der Waals surface area contributed by atoms with E-state index in [2.05, 4.69) is 0 Å². The van der Waals surface area contributed by atoms with Crippen LogP contribution < -0.4 is 9.64 Å². The second-order valence-corrected chi connectivity index (χ2v) is 10.7. The number of fused-ring (bicyclic) bond motifs is 1. The van der Waals surface area contributed by atoms with Gasteiger partial charge in [-0.1, -0.05) is 41.4 Å². The minimum atomic E-state index is -4.19. The van der Waals surface area contributed by atoms with E-state index < -0.39 is 27.9 Å². The molecular weight excluding hydrogens is 527 g/mol. The predicted molar refractivity (Wildman–Crippen MR) is 136 cm³/mol. The van der Waals surface area contributed by atoms with Gasteiger partial charge in [0.2, 0.25) is 10.0 Å². The first-order valence-electron chi connectivity index (χ1n) is 10.8. The molecule has 0 fully saturated rings. The fourth-order valence-electron chi connectivity index (χ4n) is 4.01. The Balaban J connectivity index is 1.85. The summed E-state index contributed by atoms with van der Waals surface area (Å²) >= 11 is 12.4. The van der Waals surface area contributed by atoms with E-state index in [1.807, 2.05) is 0 Å². The standard InChI is InChI=1S/C25H22Cl2N2O6S/c1-34-18-8-10-19(11-9-18)36(32,33)29-14-16-5-3-4-6-22(16)28(15-23(29)25(31)35-2)24(30)20-13-17(26)7-12-21(20)27/h3-13,23H,14-15H2,1-2H3. The van der Waals surface area contributed by atoms with Gasteiger partial charge in [-0.15, -0.1) is 0 Å². The molecule has 1 amide bonds. The van der Waals surface area contributed by atoms with E-state index in [1.165, 1.54) is 55.5 Å². The molecule has 0 bridgehead atoms. The molecular formula is C25H22Cl2N2O6S. The molecule has 36 heavy (non-hydrogen) atoms. The first-order valence-corrected chi connectivity index (χ1v) is 13.0. The highest BCUT2D eigenvalue weighted by Gasteiger charge is 2.42. The Kier molecular flexibility index (Phi) is 7.56. The van der Waals surface area contributed by atoms with Crippen LogP contribution in [-0.2, 0) is 26.1 Å². The van der Waals surface area contributed by atoms with Crippen molar-refractivity contribution in [1.29, 1.82) is 0 Å². The largest absolute Gasteiger partial charge is 0.497 e. The Morgan fingerprint density at radius 3 is 2.33 bits per heavy atom. The number of sulfonamides is 1. The number of anilines is 1. The van der Waals surface area contributed by atoms with Crippen molar-refractivity contribution in [2.24, 2.45) is 0 Å². The molecule has 0 N–H and O–H groups in total. The van der Waals surface area contributed by atoms with E-state index in [4.69, 9.17) is 32.7 Å². The number of amides is 1. The van der Waals surface area contributed by atoms with Crippen LogP contribution in [0.4, 0.5) is 5.69 Å². The highest BCUT2D eigenvalue weighted by atomic mass is 35.5. The van der Waals surface area contributed by atoms with Gasteiger partial charge in [0.05, 0.1) is 36.2 Å². The summed E-state index contributed by atoms with van der Waals surface area (Å²) in [6.07, 6.45) is 0. The molecule has 3 aromatic carbocycles. The van der Waals surface area contributed by atoms with Crippen LogP contribution in [0.5, 0.6) is 5.75 Å². The molecule has 1 unspecified atom stereocenters. The average Bonchev–Trinajstić information content (AvgIpc) is 3.07. The number of carbonyl (C=O) groups excluding carboxylic acids is 2. The fourth-order valence-corrected chi connectivity index (χ4v) is 5.93. The number of rotatable bonds is 5. The Labute approximate surface area is 219 Å². The molecule has 4 rings (SSSR count). The maximum atomic E-state index is 13.8. The van der Waals surface area contributed by atoms with Crippen molar-refractivity contribution in [3.05, 3.63) is 87.9 Å². The van der Waals surface area contributed by atoms with Crippen LogP contribution >= 0.6 is 23.2 Å². The number of hydrogen-bond donors (Lipinski definition) is 0. The highest BCUT2D eigenvalue weighted by Crippen LogP contribution is 2.34. The lowest BCUT2D eigenvalue weighted by Gasteiger charge is -2.29. The molecule has 0 spiro atoms. The van der Waals surface area contributed by atoms with Crippen molar-refractivity contribution < 1.29 is 27.5 Å². The lowest BCUT2D eigenvalue weighted by atomic mass is 10.1. The zero-order valence-electron chi connectivity index (χ0n) is 19.4. The molecule has 0 saturated carbocycles. The molecule has 188 valence electrons. The number of ether oxygens (including phenoxy) is 2. The second kappa shape index (κ2) is 10.5. The average molecular weight is 549 g/mol. The number of esters is 1. The van der Waals surface area contributed by atoms with E-state index in [0.29, 0.717) is 22.0 Å². The van der Waals surface area contributed by atoms with E-state index in [-0.39, 0.29) is 28.6 Å². The quantitative estimate of drug-likeness (QED) is 0.439. The molecule has 1 atom stereocenters. The van der Waals surface area contributed by atoms with Crippen molar-refractivity contribution in [2.75, 3.05) is 25.7 Å². The van der Waals surface area contributed by atoms with Crippen molar-refractivity contribution in [2.45, 2.75) is 17.5 Å². The van der Waals surface area contributed by atoms with E-state index in [9.17, 15) is 18.0 Å². The van der Waals surface area contributed by atoms with Crippen LogP contribution in [0.2, 0.25) is 10.0 Å². The van der Waals surface area contributed by atoms with Gasteiger partial charge in [0, 0.05) is 17.3 Å². The fraction of sp³-hybridized carbons (Fsp3) is 0.200. The zero-order valence-corrected chi connectivity index (χ0v) is 21.7. The lowest BCUT2D eigenvalue weighted by Crippen LogP contribution is -2.50. The molecule has 0 aliphatic carbocycles. The van der Waals surface area contributed by atoms with Gasteiger partial charge in [0.25, 0.3) is 5.91 Å². The molecule has 8 nitrogen and oxygen atoms in total. The van der Waals surface area contributed by atoms with Gasteiger partial charge < -0.3 is 14.4 Å². The van der Waals surface area contributed by atoms with Crippen LogP contribution in [-0.4, -0.2) is 51.4 Å². The molecule has 0 aromatic heterocycles. The molecule has 11 heteroatoms. The summed E-state index contributed by atoms with van der Waals surface area (Å²) in [7, 11) is -1.56. The van der Waals surface area contributed by atoms with E-state index >= 15 is 0 Å². The Bertz CT molecular complexity index is 1410. The Hall–Kier alpha value is -3.11. The van der Waals surface area contributed by atoms with Gasteiger partial charge in [-0.3, -0.25) is 9.59 Å². The molecule has 0 radical (unpaired) electrons. The maximum Gasteiger partial charge on any atom is 0.326 e. The summed E-state index contributed by atoms with van der Waals surface area (Å²) in [5.74, 6) is -0.864. The van der Waals surface area contributed by atoms with Gasteiger partial charge in [0.15, 0.2) is 0 Å². The van der Waals surface area contributed by atoms with Gasteiger partial charge >= 0.3 is 5.97 Å². The lowest BCUT2D eigenvalue weighted by molar-refractivity contribution is -0.144. The summed E-state index contributed by atoms with van der Waals surface area (Å²) in [5, 5.41) is 0.475. The maximum absolute atomic E-state index is 13.8. The number of benzene rings is 3. The Morgan fingerprint density at radius 2 is 1.67 bits per heavy atom. The van der Waals surface area contributed by atoms with Crippen molar-refractivity contribution in [3.8, 4) is 5.75 Å². The SMILES string of the molecule is COC(=O)C1CN(C(=O)c2cc(Cl)ccc2Cl)c2ccccc2CN1S(=O)(=O)c1ccc(OC)cc1. The van der Waals surface area contributed by atoms with Crippen LogP contribution in [0, 0.1) is 0 Å². The number of methoxy groups -OCH3 is 2. The summed E-state index contributed by atoms with van der Waals surface area (Å²) in [5.41, 5.74) is 1.08. The summed E-state index contributed by atoms with van der Waals surface area (Å²) in [6, 6.07) is 15.8. The second-order valence-electron chi connectivity index (χ2n) is 7.93. The highest BCUT2D eigenvalue weighted by molar-refractivity contribution is 7.89. The van der Waals surface area contributed by atoms with Crippen molar-refractivity contribution in [1.82, 2.24) is 4.31 Å². The van der Waals surface area contributed by atoms with Gasteiger partial charge in [-0.25, -0.2) is 8.42 Å². The Morgan fingerprint density at radius 1 is 0.972 bits per heavy atom. The normalized spacial score (nSPS) is 16.1. The van der Waals surface area contributed by atoms with Crippen molar-refractivity contribution >= 4 is 50.8 Å². The third-order valence-electron chi connectivity index (χ3n) is 5.85. The van der Waals surface area contributed by atoms with Gasteiger partial charge in [-0.2, -0.15) is 4.31 Å². The smallest absolute Gasteiger partial charge is 0.326 e. The van der Waals surface area contributed by atoms with Gasteiger partial charge in [0.1, 0.15) is 11.8 Å². The van der Waals surface area contributed by atoms with Crippen LogP contribution in [0.3, 0.4) is 0 Å². The summed E-state index contributed by atoms with van der Waals surface area (Å²) in [4.78, 5) is 27.9.